The van der Waals surface area contributed by atoms with Gasteiger partial charge in [-0.3, -0.25) is 4.90 Å². The van der Waals surface area contributed by atoms with E-state index in [-0.39, 0.29) is 0 Å². The molecule has 0 amide bonds. The van der Waals surface area contributed by atoms with Gasteiger partial charge in [-0.05, 0) is 40.2 Å². The van der Waals surface area contributed by atoms with E-state index in [1.54, 1.807) is 0 Å². The first kappa shape index (κ1) is 10.0. The van der Waals surface area contributed by atoms with Crippen molar-refractivity contribution in [2.24, 2.45) is 0 Å². The summed E-state index contributed by atoms with van der Waals surface area (Å²) in [5.74, 6) is 0. The van der Waals surface area contributed by atoms with E-state index in [2.05, 4.69) is 37.3 Å². The van der Waals surface area contributed by atoms with Crippen LogP contribution in [0.2, 0.25) is 0 Å². The molecule has 1 saturated heterocycles. The van der Waals surface area contributed by atoms with Crippen LogP contribution in [0, 0.1) is 0 Å². The normalized spacial score (nSPS) is 27.1. The number of nitrogens with zero attached hydrogens (tertiary/aromatic N) is 2. The Morgan fingerprint density at radius 1 is 1.36 bits per heavy atom. The minimum Gasteiger partial charge on any atom is -0.370 e. The highest BCUT2D eigenvalue weighted by atomic mass is 15.3. The second kappa shape index (κ2) is 3.27. The van der Waals surface area contributed by atoms with E-state index in [0.717, 1.165) is 6.54 Å². The molecule has 2 nitrogen and oxygen atoms in total. The van der Waals surface area contributed by atoms with Gasteiger partial charge in [-0.1, -0.05) is 6.58 Å². The zero-order chi connectivity index (χ0) is 10.3. The van der Waals surface area contributed by atoms with Crippen molar-refractivity contribution in [1.29, 1.82) is 0 Å². The average Bonchev–Trinajstić information content (AvgIpc) is 2.00. The molecule has 14 heavy (non-hydrogen) atoms. The fourth-order valence-corrected chi connectivity index (χ4v) is 2.75. The van der Waals surface area contributed by atoms with Crippen LogP contribution in [0.15, 0.2) is 12.3 Å². The summed E-state index contributed by atoms with van der Waals surface area (Å²) in [6.07, 6.45) is 4.16. The summed E-state index contributed by atoms with van der Waals surface area (Å²) >= 11 is 0. The zero-order valence-electron chi connectivity index (χ0n) is 9.71. The van der Waals surface area contributed by atoms with Crippen LogP contribution in [0.4, 0.5) is 0 Å². The Bertz CT molecular complexity index is 241. The molecule has 0 unspecified atom stereocenters. The van der Waals surface area contributed by atoms with Crippen molar-refractivity contribution in [3.63, 3.8) is 0 Å². The lowest BCUT2D eigenvalue weighted by molar-refractivity contribution is -0.0232. The van der Waals surface area contributed by atoms with Gasteiger partial charge >= 0.3 is 0 Å². The van der Waals surface area contributed by atoms with E-state index in [9.17, 15) is 0 Å². The molecule has 0 N–H and O–H groups in total. The maximum Gasteiger partial charge on any atom is 0.0385 e. The first-order chi connectivity index (χ1) is 6.55. The lowest BCUT2D eigenvalue weighted by Gasteiger charge is -2.57. The van der Waals surface area contributed by atoms with E-state index >= 15 is 0 Å². The Kier molecular flexibility index (Phi) is 2.34. The average molecular weight is 194 g/mol. The highest BCUT2D eigenvalue weighted by Gasteiger charge is 2.45. The summed E-state index contributed by atoms with van der Waals surface area (Å²) < 4.78 is 0. The van der Waals surface area contributed by atoms with Crippen LogP contribution in [0.3, 0.4) is 0 Å². The van der Waals surface area contributed by atoms with Crippen LogP contribution in [0.1, 0.15) is 33.1 Å². The molecule has 80 valence electrons. The molecule has 1 aliphatic heterocycles. The Morgan fingerprint density at radius 2 is 2.00 bits per heavy atom. The van der Waals surface area contributed by atoms with Gasteiger partial charge in [0.25, 0.3) is 0 Å². The summed E-state index contributed by atoms with van der Waals surface area (Å²) in [7, 11) is 2.25. The zero-order valence-corrected chi connectivity index (χ0v) is 9.71. The van der Waals surface area contributed by atoms with Crippen molar-refractivity contribution in [2.45, 2.75) is 44.7 Å². The first-order valence-corrected chi connectivity index (χ1v) is 5.71. The third kappa shape index (κ3) is 1.36. The van der Waals surface area contributed by atoms with Crippen LogP contribution in [-0.2, 0) is 0 Å². The second-order valence-electron chi connectivity index (χ2n) is 5.22. The van der Waals surface area contributed by atoms with Gasteiger partial charge in [-0.25, -0.2) is 0 Å². The lowest BCUT2D eigenvalue weighted by atomic mass is 9.73. The Hall–Kier alpha value is -0.500. The van der Waals surface area contributed by atoms with Crippen LogP contribution in [0.5, 0.6) is 0 Å². The number of likely N-dealkylation sites (N-methyl/N-ethyl adjacent to an activating group) is 1. The van der Waals surface area contributed by atoms with Crippen LogP contribution < -0.4 is 0 Å². The number of piperazine rings is 1. The third-order valence-electron chi connectivity index (χ3n) is 4.01. The standard InChI is InChI=1S/C12H22N2/c1-10(2)14-9-12(6-5-7-12)13(4)8-11(14)3/h10H,3,5-9H2,1-2,4H3. The predicted octanol–water partition coefficient (Wildman–Crippen LogP) is 2.08. The molecule has 2 fully saturated rings. The monoisotopic (exact) mass is 194 g/mol. The summed E-state index contributed by atoms with van der Waals surface area (Å²) in [5, 5.41) is 0. The van der Waals surface area contributed by atoms with Crippen LogP contribution >= 0.6 is 0 Å². The predicted molar refractivity (Wildman–Crippen MR) is 60.2 cm³/mol. The molecule has 0 radical (unpaired) electrons. The van der Waals surface area contributed by atoms with Gasteiger partial charge < -0.3 is 4.90 Å². The summed E-state index contributed by atoms with van der Waals surface area (Å²) in [6.45, 7) is 11.0. The molecule has 1 spiro atoms. The van der Waals surface area contributed by atoms with E-state index < -0.39 is 0 Å². The minimum atomic E-state index is 0.492. The first-order valence-electron chi connectivity index (χ1n) is 5.71. The lowest BCUT2D eigenvalue weighted by Crippen LogP contribution is -2.64. The van der Waals surface area contributed by atoms with Crippen molar-refractivity contribution < 1.29 is 0 Å². The molecule has 1 aliphatic carbocycles. The van der Waals surface area contributed by atoms with Gasteiger partial charge in [-0.2, -0.15) is 0 Å². The maximum absolute atomic E-state index is 4.18. The summed E-state index contributed by atoms with van der Waals surface area (Å²) in [4.78, 5) is 5.00. The molecular formula is C12H22N2. The van der Waals surface area contributed by atoms with Crippen molar-refractivity contribution in [3.05, 3.63) is 12.3 Å². The van der Waals surface area contributed by atoms with Gasteiger partial charge in [0.05, 0.1) is 0 Å². The highest BCUT2D eigenvalue weighted by Crippen LogP contribution is 2.41. The Balaban J connectivity index is 2.12. The van der Waals surface area contributed by atoms with Crippen molar-refractivity contribution in [3.8, 4) is 0 Å². The maximum atomic E-state index is 4.18. The smallest absolute Gasteiger partial charge is 0.0385 e. The topological polar surface area (TPSA) is 6.48 Å². The SMILES string of the molecule is C=C1CN(C)C2(CCC2)CN1C(C)C. The Labute approximate surface area is 87.6 Å². The molecule has 2 heteroatoms. The molecule has 1 saturated carbocycles. The van der Waals surface area contributed by atoms with Crippen LogP contribution in [-0.4, -0.2) is 41.5 Å². The molecule has 0 aromatic carbocycles. The molecule has 2 rings (SSSR count). The van der Waals surface area contributed by atoms with Crippen molar-refractivity contribution in [2.75, 3.05) is 20.1 Å². The van der Waals surface area contributed by atoms with Gasteiger partial charge in [0.15, 0.2) is 0 Å². The number of hydrogen-bond acceptors (Lipinski definition) is 2. The molecule has 0 aromatic heterocycles. The molecule has 1 heterocycles. The molecular weight excluding hydrogens is 172 g/mol. The fourth-order valence-electron chi connectivity index (χ4n) is 2.75. The quantitative estimate of drug-likeness (QED) is 0.630. The number of rotatable bonds is 1. The fraction of sp³-hybridized carbons (Fsp3) is 0.833. The molecule has 2 aliphatic rings. The van der Waals surface area contributed by atoms with Gasteiger partial charge in [0, 0.05) is 30.4 Å². The molecule has 0 bridgehead atoms. The van der Waals surface area contributed by atoms with E-state index in [1.165, 1.54) is 31.5 Å². The third-order valence-corrected chi connectivity index (χ3v) is 4.01. The van der Waals surface area contributed by atoms with E-state index in [0.29, 0.717) is 11.6 Å². The van der Waals surface area contributed by atoms with Crippen molar-refractivity contribution >= 4 is 0 Å². The van der Waals surface area contributed by atoms with E-state index in [1.807, 2.05) is 0 Å². The Morgan fingerprint density at radius 3 is 2.43 bits per heavy atom. The van der Waals surface area contributed by atoms with Crippen molar-refractivity contribution in [1.82, 2.24) is 9.80 Å². The molecule has 0 atom stereocenters. The van der Waals surface area contributed by atoms with Crippen LogP contribution in [0.25, 0.3) is 0 Å². The molecule has 0 aromatic rings. The highest BCUT2D eigenvalue weighted by molar-refractivity contribution is 5.12. The second-order valence-corrected chi connectivity index (χ2v) is 5.22. The summed E-state index contributed by atoms with van der Waals surface area (Å²) in [5.41, 5.74) is 1.78. The van der Waals surface area contributed by atoms with E-state index in [4.69, 9.17) is 0 Å². The number of hydrogen-bond donors (Lipinski definition) is 0. The van der Waals surface area contributed by atoms with Gasteiger partial charge in [0.2, 0.25) is 0 Å². The minimum absolute atomic E-state index is 0.492. The summed E-state index contributed by atoms with van der Waals surface area (Å²) in [6, 6.07) is 0.605. The largest absolute Gasteiger partial charge is 0.370 e. The van der Waals surface area contributed by atoms with Gasteiger partial charge in [0.1, 0.15) is 0 Å². The van der Waals surface area contributed by atoms with Gasteiger partial charge in [-0.15, -0.1) is 0 Å².